The molecule has 0 saturated heterocycles. The monoisotopic (exact) mass is 534 g/mol. The largest absolute Gasteiger partial charge is 0.347 e. The Morgan fingerprint density at radius 1 is 1.17 bits per heavy atom. The van der Waals surface area contributed by atoms with Gasteiger partial charge in [0.05, 0.1) is 17.3 Å². The number of nitrogens with zero attached hydrogens (tertiary/aromatic N) is 5. The number of hydrogen-bond donors (Lipinski definition) is 1. The fourth-order valence-electron chi connectivity index (χ4n) is 4.51. The number of rotatable bonds is 8. The highest BCUT2D eigenvalue weighted by atomic mass is 35.5. The van der Waals surface area contributed by atoms with E-state index >= 15 is 0 Å². The molecule has 3 aromatic rings. The maximum absolute atomic E-state index is 13.3. The van der Waals surface area contributed by atoms with Gasteiger partial charge >= 0.3 is 0 Å². The molecule has 12 heteroatoms. The minimum atomic E-state index is -2.95. The third-order valence-corrected chi connectivity index (χ3v) is 7.63. The van der Waals surface area contributed by atoms with Gasteiger partial charge in [-0.25, -0.2) is 17.8 Å². The quantitative estimate of drug-likeness (QED) is 0.468. The molecule has 36 heavy (non-hydrogen) atoms. The summed E-state index contributed by atoms with van der Waals surface area (Å²) in [5.41, 5.74) is 2.12. The van der Waals surface area contributed by atoms with Crippen molar-refractivity contribution >= 4 is 27.3 Å². The number of halogens is 2. The number of amides is 1. The number of carbonyl (C=O) groups excluding carboxylic acids is 1. The molecule has 0 radical (unpaired) electrons. The molecule has 9 nitrogen and oxygen atoms in total. The van der Waals surface area contributed by atoms with Crippen molar-refractivity contribution in [3.8, 4) is 11.4 Å². The lowest BCUT2D eigenvalue weighted by molar-refractivity contribution is 0.0945. The first kappa shape index (κ1) is 26.2. The van der Waals surface area contributed by atoms with Gasteiger partial charge in [0.1, 0.15) is 21.3 Å². The van der Waals surface area contributed by atoms with Gasteiger partial charge in [-0.15, -0.1) is 10.2 Å². The van der Waals surface area contributed by atoms with Crippen LogP contribution in [0.15, 0.2) is 30.3 Å². The highest BCUT2D eigenvalue weighted by Crippen LogP contribution is 2.30. The normalized spacial score (nSPS) is 18.2. The number of nitrogens with one attached hydrogen (secondary N) is 1. The average molecular weight is 535 g/mol. The molecule has 2 heterocycles. The van der Waals surface area contributed by atoms with Gasteiger partial charge in [-0.1, -0.05) is 17.7 Å². The van der Waals surface area contributed by atoms with Crippen LogP contribution in [0.1, 0.15) is 47.4 Å². The highest BCUT2D eigenvalue weighted by molar-refractivity contribution is 7.90. The van der Waals surface area contributed by atoms with Gasteiger partial charge in [0, 0.05) is 24.1 Å². The van der Waals surface area contributed by atoms with Crippen molar-refractivity contribution in [1.82, 2.24) is 30.5 Å². The first-order chi connectivity index (χ1) is 17.1. The van der Waals surface area contributed by atoms with E-state index in [2.05, 4.69) is 25.7 Å². The summed E-state index contributed by atoms with van der Waals surface area (Å²) in [6.45, 7) is 2.56. The molecule has 0 atom stereocenters. The van der Waals surface area contributed by atoms with Crippen LogP contribution >= 0.6 is 11.6 Å². The smallest absolute Gasteiger partial charge is 0.270 e. The summed E-state index contributed by atoms with van der Waals surface area (Å²) in [5, 5.41) is 15.6. The predicted octanol–water partition coefficient (Wildman–Crippen LogP) is 3.62. The Bertz CT molecular complexity index is 1360. The van der Waals surface area contributed by atoms with E-state index in [0.717, 1.165) is 25.7 Å². The van der Waals surface area contributed by atoms with Gasteiger partial charge in [0.25, 0.3) is 5.91 Å². The standard InChI is InChI=1S/C24H28ClFN6O3S/c1-15-9-19(11-22(28-15)24(33)27-12-18-7-8-21(26)20(25)10-18)23-29-31-32(30-23)13-16-3-5-17(6-4-16)14-36(2,34)35/h7-11,16-17H,3-6,12-14H2,1-2H3,(H,27,33)/t16-,17-. The van der Waals surface area contributed by atoms with Gasteiger partial charge in [-0.2, -0.15) is 4.80 Å². The van der Waals surface area contributed by atoms with Crippen molar-refractivity contribution in [1.29, 1.82) is 0 Å². The van der Waals surface area contributed by atoms with Crippen LogP contribution in [0.3, 0.4) is 0 Å². The van der Waals surface area contributed by atoms with E-state index in [1.54, 1.807) is 29.9 Å². The number of benzene rings is 1. The second-order valence-electron chi connectivity index (χ2n) is 9.46. The Morgan fingerprint density at radius 2 is 1.89 bits per heavy atom. The van der Waals surface area contributed by atoms with Crippen LogP contribution in [0.25, 0.3) is 11.4 Å². The third kappa shape index (κ3) is 7.07. The summed E-state index contributed by atoms with van der Waals surface area (Å²) in [7, 11) is -2.95. The Labute approximate surface area is 214 Å². The molecule has 192 valence electrons. The van der Waals surface area contributed by atoms with Gasteiger partial charge in [-0.3, -0.25) is 4.79 Å². The van der Waals surface area contributed by atoms with Crippen molar-refractivity contribution in [2.24, 2.45) is 11.8 Å². The second-order valence-corrected chi connectivity index (χ2v) is 12.1. The van der Waals surface area contributed by atoms with Crippen molar-refractivity contribution in [3.63, 3.8) is 0 Å². The number of sulfone groups is 1. The van der Waals surface area contributed by atoms with E-state index in [9.17, 15) is 17.6 Å². The topological polar surface area (TPSA) is 120 Å². The van der Waals surface area contributed by atoms with Gasteiger partial charge < -0.3 is 5.32 Å². The zero-order valence-electron chi connectivity index (χ0n) is 20.1. The Hall–Kier alpha value is -2.92. The molecule has 1 N–H and O–H groups in total. The second kappa shape index (κ2) is 11.0. The lowest BCUT2D eigenvalue weighted by Crippen LogP contribution is -2.24. The molecule has 0 spiro atoms. The third-order valence-electron chi connectivity index (χ3n) is 6.26. The van der Waals surface area contributed by atoms with E-state index in [-0.39, 0.29) is 28.9 Å². The van der Waals surface area contributed by atoms with Crippen LogP contribution in [-0.4, -0.2) is 51.5 Å². The minimum Gasteiger partial charge on any atom is -0.347 e. The fraction of sp³-hybridized carbons (Fsp3) is 0.458. The van der Waals surface area contributed by atoms with E-state index < -0.39 is 21.6 Å². The van der Waals surface area contributed by atoms with Crippen molar-refractivity contribution < 1.29 is 17.6 Å². The summed E-state index contributed by atoms with van der Waals surface area (Å²) in [6, 6.07) is 7.67. The SMILES string of the molecule is Cc1cc(-c2nnn(C[C@H]3CC[C@H](CS(C)(=O)=O)CC3)n2)cc(C(=O)NCc2ccc(F)c(Cl)c2)n1. The number of carbonyl (C=O) groups is 1. The van der Waals surface area contributed by atoms with E-state index in [0.29, 0.717) is 35.1 Å². The van der Waals surface area contributed by atoms with Gasteiger partial charge in [-0.05, 0) is 79.5 Å². The number of hydrogen-bond acceptors (Lipinski definition) is 7. The Kier molecular flexibility index (Phi) is 7.99. The molecule has 2 aromatic heterocycles. The summed E-state index contributed by atoms with van der Waals surface area (Å²) in [6.07, 6.45) is 4.90. The number of tetrazole rings is 1. The van der Waals surface area contributed by atoms with Gasteiger partial charge in [0.15, 0.2) is 0 Å². The van der Waals surface area contributed by atoms with Gasteiger partial charge in [0.2, 0.25) is 5.82 Å². The molecule has 1 fully saturated rings. The molecule has 0 bridgehead atoms. The predicted molar refractivity (Wildman–Crippen MR) is 134 cm³/mol. The van der Waals surface area contributed by atoms with E-state index in [4.69, 9.17) is 11.6 Å². The first-order valence-electron chi connectivity index (χ1n) is 11.7. The Morgan fingerprint density at radius 3 is 2.58 bits per heavy atom. The molecular formula is C24H28ClFN6O3S. The zero-order valence-corrected chi connectivity index (χ0v) is 21.7. The van der Waals surface area contributed by atoms with E-state index in [1.807, 2.05) is 0 Å². The summed E-state index contributed by atoms with van der Waals surface area (Å²) < 4.78 is 36.4. The highest BCUT2D eigenvalue weighted by Gasteiger charge is 2.25. The summed E-state index contributed by atoms with van der Waals surface area (Å²) in [4.78, 5) is 18.6. The van der Waals surface area contributed by atoms with Crippen LogP contribution in [0, 0.1) is 24.6 Å². The molecule has 1 saturated carbocycles. The number of pyridine rings is 1. The summed E-state index contributed by atoms with van der Waals surface area (Å²) >= 11 is 5.80. The lowest BCUT2D eigenvalue weighted by Gasteiger charge is -2.27. The maximum atomic E-state index is 13.3. The number of aryl methyl sites for hydroxylation is 1. The van der Waals surface area contributed by atoms with Crippen molar-refractivity contribution in [2.45, 2.75) is 45.7 Å². The molecule has 1 amide bonds. The molecule has 0 aliphatic heterocycles. The molecule has 1 aliphatic carbocycles. The average Bonchev–Trinajstić information content (AvgIpc) is 3.28. The minimum absolute atomic E-state index is 0.00572. The van der Waals surface area contributed by atoms with Crippen LogP contribution in [0.2, 0.25) is 5.02 Å². The molecule has 1 aliphatic rings. The zero-order chi connectivity index (χ0) is 25.9. The van der Waals surface area contributed by atoms with E-state index in [1.165, 1.54) is 18.4 Å². The lowest BCUT2D eigenvalue weighted by atomic mass is 9.83. The maximum Gasteiger partial charge on any atom is 0.270 e. The molecule has 0 unspecified atom stereocenters. The van der Waals surface area contributed by atoms with Crippen molar-refractivity contribution in [3.05, 3.63) is 58.1 Å². The van der Waals surface area contributed by atoms with Crippen LogP contribution in [0.4, 0.5) is 4.39 Å². The Balaban J connectivity index is 1.38. The summed E-state index contributed by atoms with van der Waals surface area (Å²) in [5.74, 6) is 0.324. The molecule has 1 aromatic carbocycles. The number of aromatic nitrogens is 5. The molecular weight excluding hydrogens is 507 g/mol. The van der Waals surface area contributed by atoms with Crippen molar-refractivity contribution in [2.75, 3.05) is 12.0 Å². The van der Waals surface area contributed by atoms with Crippen LogP contribution in [0.5, 0.6) is 0 Å². The molecule has 4 rings (SSSR count). The van der Waals surface area contributed by atoms with Crippen LogP contribution in [-0.2, 0) is 22.9 Å². The first-order valence-corrected chi connectivity index (χ1v) is 14.2. The van der Waals surface area contributed by atoms with Crippen LogP contribution < -0.4 is 5.32 Å². The fourth-order valence-corrected chi connectivity index (χ4v) is 5.91.